The van der Waals surface area contributed by atoms with Gasteiger partial charge in [0.2, 0.25) is 0 Å². The third kappa shape index (κ3) is 4.54. The van der Waals surface area contributed by atoms with Crippen molar-refractivity contribution in [3.8, 4) is 11.8 Å². The quantitative estimate of drug-likeness (QED) is 0.397. The van der Waals surface area contributed by atoms with Crippen molar-refractivity contribution in [2.45, 2.75) is 20.8 Å². The van der Waals surface area contributed by atoms with E-state index < -0.39 is 5.91 Å². The number of hydrogen-bond donors (Lipinski definition) is 1. The fourth-order valence-corrected chi connectivity index (χ4v) is 3.47. The molecule has 3 rings (SSSR count). The summed E-state index contributed by atoms with van der Waals surface area (Å²) in [5, 5.41) is 13.4. The van der Waals surface area contributed by atoms with E-state index in [9.17, 15) is 10.1 Å². The number of rotatable bonds is 4. The van der Waals surface area contributed by atoms with Crippen LogP contribution in [0.5, 0.6) is 0 Å². The summed E-state index contributed by atoms with van der Waals surface area (Å²) in [6.07, 6.45) is 1.58. The summed E-state index contributed by atoms with van der Waals surface area (Å²) < 4.78 is 1.95. The van der Waals surface area contributed by atoms with E-state index in [-0.39, 0.29) is 5.57 Å². The number of amides is 1. The van der Waals surface area contributed by atoms with Gasteiger partial charge in [-0.05, 0) is 68.8 Å². The number of aryl methyl sites for hydroxylation is 2. The molecule has 1 heterocycles. The van der Waals surface area contributed by atoms with E-state index >= 15 is 0 Å². The lowest BCUT2D eigenvalue weighted by Crippen LogP contribution is -2.13. The van der Waals surface area contributed by atoms with Crippen LogP contribution in [-0.4, -0.2) is 10.5 Å². The molecule has 0 spiro atoms. The molecule has 0 fully saturated rings. The number of hydrogen-bond acceptors (Lipinski definition) is 2. The molecule has 1 N–H and O–H groups in total. The lowest BCUT2D eigenvalue weighted by atomic mass is 10.1. The van der Waals surface area contributed by atoms with Gasteiger partial charge in [-0.25, -0.2) is 0 Å². The first-order chi connectivity index (χ1) is 13.8. The monoisotopic (exact) mass is 423 g/mol. The van der Waals surface area contributed by atoms with E-state index in [2.05, 4.69) is 5.32 Å². The largest absolute Gasteiger partial charge is 0.321 e. The maximum Gasteiger partial charge on any atom is 0.266 e. The van der Waals surface area contributed by atoms with Gasteiger partial charge in [0.05, 0.1) is 10.7 Å². The van der Waals surface area contributed by atoms with Gasteiger partial charge in [-0.2, -0.15) is 5.26 Å². The number of benzene rings is 2. The van der Waals surface area contributed by atoms with Crippen molar-refractivity contribution in [2.24, 2.45) is 0 Å². The topological polar surface area (TPSA) is 57.8 Å². The van der Waals surface area contributed by atoms with Crippen molar-refractivity contribution in [3.05, 3.63) is 86.7 Å². The molecule has 29 heavy (non-hydrogen) atoms. The lowest BCUT2D eigenvalue weighted by molar-refractivity contribution is -0.112. The number of carbonyl (C=O) groups is 1. The first kappa shape index (κ1) is 20.7. The second kappa shape index (κ2) is 8.57. The van der Waals surface area contributed by atoms with Crippen LogP contribution in [0.3, 0.4) is 0 Å². The molecule has 0 saturated heterocycles. The van der Waals surface area contributed by atoms with E-state index in [4.69, 9.17) is 23.2 Å². The molecule has 0 saturated carbocycles. The van der Waals surface area contributed by atoms with Crippen molar-refractivity contribution in [2.75, 3.05) is 5.32 Å². The molecule has 4 nitrogen and oxygen atoms in total. The summed E-state index contributed by atoms with van der Waals surface area (Å²) in [5.74, 6) is -0.457. The Morgan fingerprint density at radius 1 is 1.07 bits per heavy atom. The molecule has 6 heteroatoms. The fourth-order valence-electron chi connectivity index (χ4n) is 3.10. The predicted molar refractivity (Wildman–Crippen MR) is 119 cm³/mol. The van der Waals surface area contributed by atoms with Crippen molar-refractivity contribution < 1.29 is 4.79 Å². The van der Waals surface area contributed by atoms with E-state index in [1.165, 1.54) is 0 Å². The van der Waals surface area contributed by atoms with Crippen LogP contribution in [0.2, 0.25) is 10.0 Å². The standard InChI is InChI=1S/C23H19Cl2N3O/c1-14-4-7-20(8-5-14)27-23(29)18(13-26)11-17-10-15(2)28(16(17)3)22-12-19(24)6-9-21(22)25/h4-12H,1-3H3,(H,27,29)/b18-11-. The smallest absolute Gasteiger partial charge is 0.266 e. The minimum Gasteiger partial charge on any atom is -0.321 e. The predicted octanol–water partition coefficient (Wildman–Crippen LogP) is 6.26. The number of halogens is 2. The SMILES string of the molecule is Cc1ccc(NC(=O)/C(C#N)=C\c2cc(C)n(-c3cc(Cl)ccc3Cl)c2C)cc1. The summed E-state index contributed by atoms with van der Waals surface area (Å²) in [5.41, 5.74) is 5.01. The third-order valence-electron chi connectivity index (χ3n) is 4.59. The minimum absolute atomic E-state index is 0.0167. The first-order valence-corrected chi connectivity index (χ1v) is 9.70. The van der Waals surface area contributed by atoms with Gasteiger partial charge in [-0.1, -0.05) is 40.9 Å². The number of carbonyl (C=O) groups excluding carboxylic acids is 1. The minimum atomic E-state index is -0.457. The Morgan fingerprint density at radius 3 is 2.41 bits per heavy atom. The molecule has 0 unspecified atom stereocenters. The zero-order chi connectivity index (χ0) is 21.1. The average molecular weight is 424 g/mol. The zero-order valence-electron chi connectivity index (χ0n) is 16.3. The number of nitrogens with zero attached hydrogens (tertiary/aromatic N) is 2. The highest BCUT2D eigenvalue weighted by molar-refractivity contribution is 6.34. The van der Waals surface area contributed by atoms with Gasteiger partial charge in [0, 0.05) is 22.1 Å². The highest BCUT2D eigenvalue weighted by Crippen LogP contribution is 2.29. The van der Waals surface area contributed by atoms with Gasteiger partial charge in [-0.15, -0.1) is 0 Å². The highest BCUT2D eigenvalue weighted by atomic mass is 35.5. The molecule has 0 atom stereocenters. The number of nitrogens with one attached hydrogen (secondary N) is 1. The average Bonchev–Trinajstić information content (AvgIpc) is 2.96. The molecular weight excluding hydrogens is 405 g/mol. The van der Waals surface area contributed by atoms with Gasteiger partial charge in [0.1, 0.15) is 11.6 Å². The lowest BCUT2D eigenvalue weighted by Gasteiger charge is -2.12. The van der Waals surface area contributed by atoms with Crippen LogP contribution in [0.15, 0.2) is 54.1 Å². The molecule has 0 aliphatic rings. The number of nitriles is 1. The van der Waals surface area contributed by atoms with Crippen LogP contribution >= 0.6 is 23.2 Å². The first-order valence-electron chi connectivity index (χ1n) is 8.94. The number of anilines is 1. The fraction of sp³-hybridized carbons (Fsp3) is 0.130. The molecule has 0 bridgehead atoms. The van der Waals surface area contributed by atoms with E-state index in [1.54, 1.807) is 36.4 Å². The van der Waals surface area contributed by atoms with Crippen molar-refractivity contribution >= 4 is 40.9 Å². The second-order valence-electron chi connectivity index (χ2n) is 6.75. The van der Waals surface area contributed by atoms with Gasteiger partial charge in [-0.3, -0.25) is 4.79 Å². The van der Waals surface area contributed by atoms with Crippen molar-refractivity contribution in [3.63, 3.8) is 0 Å². The molecule has 1 amide bonds. The molecule has 1 aromatic heterocycles. The van der Waals surface area contributed by atoms with Crippen LogP contribution in [0, 0.1) is 32.1 Å². The van der Waals surface area contributed by atoms with Crippen LogP contribution in [0.4, 0.5) is 5.69 Å². The Bertz CT molecular complexity index is 1150. The van der Waals surface area contributed by atoms with Crippen molar-refractivity contribution in [1.82, 2.24) is 4.57 Å². The molecule has 0 aliphatic heterocycles. The summed E-state index contributed by atoms with van der Waals surface area (Å²) >= 11 is 12.5. The van der Waals surface area contributed by atoms with E-state index in [0.29, 0.717) is 15.7 Å². The Balaban J connectivity index is 1.96. The van der Waals surface area contributed by atoms with Gasteiger partial charge < -0.3 is 9.88 Å². The summed E-state index contributed by atoms with van der Waals surface area (Å²) in [6.45, 7) is 5.80. The van der Waals surface area contributed by atoms with Crippen LogP contribution in [0.1, 0.15) is 22.5 Å². The maximum atomic E-state index is 12.6. The molecule has 0 aliphatic carbocycles. The Kier molecular flexibility index (Phi) is 6.12. The third-order valence-corrected chi connectivity index (χ3v) is 5.15. The Labute approximate surface area is 180 Å². The highest BCUT2D eigenvalue weighted by Gasteiger charge is 2.15. The van der Waals surface area contributed by atoms with Gasteiger partial charge in [0.25, 0.3) is 5.91 Å². The maximum absolute atomic E-state index is 12.6. The summed E-state index contributed by atoms with van der Waals surface area (Å²) in [7, 11) is 0. The Morgan fingerprint density at radius 2 is 1.76 bits per heavy atom. The molecular formula is C23H19Cl2N3O. The molecule has 3 aromatic rings. The Hall–Kier alpha value is -3.00. The normalized spacial score (nSPS) is 11.2. The summed E-state index contributed by atoms with van der Waals surface area (Å²) in [6, 6.07) is 16.5. The van der Waals surface area contributed by atoms with Crippen LogP contribution < -0.4 is 5.32 Å². The summed E-state index contributed by atoms with van der Waals surface area (Å²) in [4.78, 5) is 12.6. The molecule has 0 radical (unpaired) electrons. The van der Waals surface area contributed by atoms with E-state index in [0.717, 1.165) is 28.2 Å². The zero-order valence-corrected chi connectivity index (χ0v) is 17.8. The second-order valence-corrected chi connectivity index (χ2v) is 7.59. The van der Waals surface area contributed by atoms with Crippen LogP contribution in [0.25, 0.3) is 11.8 Å². The van der Waals surface area contributed by atoms with E-state index in [1.807, 2.05) is 49.6 Å². The molecule has 2 aromatic carbocycles. The van der Waals surface area contributed by atoms with Gasteiger partial charge in [0.15, 0.2) is 0 Å². The number of aromatic nitrogens is 1. The van der Waals surface area contributed by atoms with Crippen LogP contribution in [-0.2, 0) is 4.79 Å². The van der Waals surface area contributed by atoms with Gasteiger partial charge >= 0.3 is 0 Å². The molecule has 146 valence electrons. The van der Waals surface area contributed by atoms with Crippen molar-refractivity contribution in [1.29, 1.82) is 5.26 Å².